The number of hydrogen-bond donors (Lipinski definition) is 1. The minimum absolute atomic E-state index is 0.512. The Labute approximate surface area is 137 Å². The van der Waals surface area contributed by atoms with E-state index in [1.165, 1.54) is 5.56 Å². The molecule has 0 heterocycles. The van der Waals surface area contributed by atoms with E-state index in [-0.39, 0.29) is 0 Å². The molecule has 5 heteroatoms. The molecule has 0 fully saturated rings. The molecule has 2 aromatic carbocycles. The van der Waals surface area contributed by atoms with Crippen molar-refractivity contribution in [3.63, 3.8) is 0 Å². The van der Waals surface area contributed by atoms with Crippen LogP contribution in [0.25, 0.3) is 0 Å². The Morgan fingerprint density at radius 2 is 1.90 bits per heavy atom. The van der Waals surface area contributed by atoms with Crippen molar-refractivity contribution in [2.24, 2.45) is 0 Å². The molecule has 2 aromatic rings. The Kier molecular flexibility index (Phi) is 5.33. The standard InChI is InChI=1S/C15H14BrCl2NO/c1-9-5-11(4-3-10(9)8-19-2)20-15-7-13(17)12(16)6-14(15)18/h3-7,19H,8H2,1-2H3. The smallest absolute Gasteiger partial charge is 0.147 e. The SMILES string of the molecule is CNCc1ccc(Oc2cc(Cl)c(Br)cc2Cl)cc1C. The molecule has 0 bridgehead atoms. The summed E-state index contributed by atoms with van der Waals surface area (Å²) in [6.45, 7) is 2.88. The summed E-state index contributed by atoms with van der Waals surface area (Å²) in [6.07, 6.45) is 0. The van der Waals surface area contributed by atoms with Gasteiger partial charge in [-0.05, 0) is 59.2 Å². The maximum atomic E-state index is 6.15. The van der Waals surface area contributed by atoms with Crippen LogP contribution in [0.3, 0.4) is 0 Å². The van der Waals surface area contributed by atoms with Crippen molar-refractivity contribution in [2.45, 2.75) is 13.5 Å². The summed E-state index contributed by atoms with van der Waals surface area (Å²) in [6, 6.07) is 9.37. The van der Waals surface area contributed by atoms with Gasteiger partial charge in [0.1, 0.15) is 11.5 Å². The molecule has 2 rings (SSSR count). The number of halogens is 3. The maximum absolute atomic E-state index is 6.15. The third-order valence-corrected chi connectivity index (χ3v) is 4.38. The third-order valence-electron chi connectivity index (χ3n) is 2.88. The molecule has 0 saturated heterocycles. The van der Waals surface area contributed by atoms with Crippen molar-refractivity contribution in [2.75, 3.05) is 7.05 Å². The van der Waals surface area contributed by atoms with Crippen LogP contribution in [0.1, 0.15) is 11.1 Å². The lowest BCUT2D eigenvalue weighted by atomic mass is 10.1. The Bertz CT molecular complexity index is 632. The highest BCUT2D eigenvalue weighted by atomic mass is 79.9. The second kappa shape index (κ2) is 6.81. The zero-order valence-electron chi connectivity index (χ0n) is 11.1. The molecule has 0 unspecified atom stereocenters. The van der Waals surface area contributed by atoms with Gasteiger partial charge in [-0.1, -0.05) is 29.3 Å². The number of hydrogen-bond acceptors (Lipinski definition) is 2. The van der Waals surface area contributed by atoms with Gasteiger partial charge >= 0.3 is 0 Å². The zero-order chi connectivity index (χ0) is 14.7. The van der Waals surface area contributed by atoms with E-state index in [0.29, 0.717) is 15.8 Å². The molecule has 0 aliphatic heterocycles. The van der Waals surface area contributed by atoms with Crippen molar-refractivity contribution in [1.82, 2.24) is 5.32 Å². The minimum atomic E-state index is 0.512. The van der Waals surface area contributed by atoms with Gasteiger partial charge in [0, 0.05) is 17.1 Å². The first-order chi connectivity index (χ1) is 9.51. The Morgan fingerprint density at radius 3 is 2.55 bits per heavy atom. The highest BCUT2D eigenvalue weighted by molar-refractivity contribution is 9.10. The molecule has 0 amide bonds. The summed E-state index contributed by atoms with van der Waals surface area (Å²) in [5.74, 6) is 1.28. The molecular formula is C15H14BrCl2NO. The summed E-state index contributed by atoms with van der Waals surface area (Å²) in [5.41, 5.74) is 2.40. The van der Waals surface area contributed by atoms with Gasteiger partial charge in [-0.2, -0.15) is 0 Å². The lowest BCUT2D eigenvalue weighted by Crippen LogP contribution is -2.06. The van der Waals surface area contributed by atoms with Crippen LogP contribution in [0.2, 0.25) is 10.0 Å². The molecule has 1 N–H and O–H groups in total. The first kappa shape index (κ1) is 15.6. The van der Waals surface area contributed by atoms with Crippen LogP contribution in [-0.2, 0) is 6.54 Å². The Hall–Kier alpha value is -0.740. The van der Waals surface area contributed by atoms with E-state index in [1.807, 2.05) is 25.2 Å². The summed E-state index contributed by atoms with van der Waals surface area (Å²) in [4.78, 5) is 0. The van der Waals surface area contributed by atoms with Gasteiger partial charge in [0.2, 0.25) is 0 Å². The van der Waals surface area contributed by atoms with Crippen LogP contribution in [0.15, 0.2) is 34.8 Å². The summed E-state index contributed by atoms with van der Waals surface area (Å²) >= 11 is 15.5. The topological polar surface area (TPSA) is 21.3 Å². The largest absolute Gasteiger partial charge is 0.456 e. The predicted octanol–water partition coefficient (Wildman–Crippen LogP) is 5.58. The monoisotopic (exact) mass is 373 g/mol. The second-order valence-corrected chi connectivity index (χ2v) is 6.09. The van der Waals surface area contributed by atoms with Gasteiger partial charge in [-0.3, -0.25) is 0 Å². The molecule has 0 aromatic heterocycles. The summed E-state index contributed by atoms with van der Waals surface area (Å²) in [5, 5.41) is 4.21. The molecule has 0 spiro atoms. The number of aryl methyl sites for hydroxylation is 1. The number of rotatable bonds is 4. The quantitative estimate of drug-likeness (QED) is 0.705. The Morgan fingerprint density at radius 1 is 1.15 bits per heavy atom. The fraction of sp³-hybridized carbons (Fsp3) is 0.200. The molecular weight excluding hydrogens is 361 g/mol. The third kappa shape index (κ3) is 3.67. The van der Waals surface area contributed by atoms with E-state index in [9.17, 15) is 0 Å². The predicted molar refractivity (Wildman–Crippen MR) is 88.2 cm³/mol. The van der Waals surface area contributed by atoms with E-state index in [2.05, 4.69) is 28.2 Å². The first-order valence-corrected chi connectivity index (χ1v) is 7.62. The first-order valence-electron chi connectivity index (χ1n) is 6.08. The molecule has 20 heavy (non-hydrogen) atoms. The van der Waals surface area contributed by atoms with Crippen molar-refractivity contribution in [1.29, 1.82) is 0 Å². The van der Waals surface area contributed by atoms with Crippen LogP contribution in [0.4, 0.5) is 0 Å². The van der Waals surface area contributed by atoms with Crippen molar-refractivity contribution in [3.05, 3.63) is 56.0 Å². The van der Waals surface area contributed by atoms with Gasteiger partial charge in [0.25, 0.3) is 0 Å². The molecule has 0 aliphatic rings. The molecule has 106 valence electrons. The summed E-state index contributed by atoms with van der Waals surface area (Å²) in [7, 11) is 1.92. The van der Waals surface area contributed by atoms with E-state index < -0.39 is 0 Å². The van der Waals surface area contributed by atoms with Gasteiger partial charge in [0.05, 0.1) is 10.0 Å². The van der Waals surface area contributed by atoms with Crippen molar-refractivity contribution >= 4 is 39.1 Å². The van der Waals surface area contributed by atoms with Crippen LogP contribution < -0.4 is 10.1 Å². The second-order valence-electron chi connectivity index (χ2n) is 4.42. The Balaban J connectivity index is 2.26. The minimum Gasteiger partial charge on any atom is -0.456 e. The van der Waals surface area contributed by atoms with E-state index in [1.54, 1.807) is 12.1 Å². The number of ether oxygens (including phenoxy) is 1. The van der Waals surface area contributed by atoms with Gasteiger partial charge in [0.15, 0.2) is 0 Å². The van der Waals surface area contributed by atoms with Crippen molar-refractivity contribution in [3.8, 4) is 11.5 Å². The van der Waals surface area contributed by atoms with E-state index >= 15 is 0 Å². The van der Waals surface area contributed by atoms with Crippen LogP contribution in [-0.4, -0.2) is 7.05 Å². The molecule has 2 nitrogen and oxygen atoms in total. The summed E-state index contributed by atoms with van der Waals surface area (Å²) < 4.78 is 6.55. The number of benzene rings is 2. The maximum Gasteiger partial charge on any atom is 0.147 e. The average molecular weight is 375 g/mol. The highest BCUT2D eigenvalue weighted by Gasteiger charge is 2.09. The van der Waals surface area contributed by atoms with Gasteiger partial charge < -0.3 is 10.1 Å². The lowest BCUT2D eigenvalue weighted by Gasteiger charge is -2.11. The van der Waals surface area contributed by atoms with Crippen molar-refractivity contribution < 1.29 is 4.74 Å². The normalized spacial score (nSPS) is 10.7. The molecule has 0 radical (unpaired) electrons. The fourth-order valence-electron chi connectivity index (χ4n) is 1.83. The number of nitrogens with one attached hydrogen (secondary N) is 1. The van der Waals surface area contributed by atoms with E-state index in [0.717, 1.165) is 22.3 Å². The lowest BCUT2D eigenvalue weighted by molar-refractivity contribution is 0.482. The average Bonchev–Trinajstić information content (AvgIpc) is 2.39. The van der Waals surface area contributed by atoms with Gasteiger partial charge in [-0.25, -0.2) is 0 Å². The molecule has 0 atom stereocenters. The van der Waals surface area contributed by atoms with Gasteiger partial charge in [-0.15, -0.1) is 0 Å². The fourth-order valence-corrected chi connectivity index (χ4v) is 2.66. The van der Waals surface area contributed by atoms with Crippen LogP contribution in [0, 0.1) is 6.92 Å². The zero-order valence-corrected chi connectivity index (χ0v) is 14.2. The van der Waals surface area contributed by atoms with E-state index in [4.69, 9.17) is 27.9 Å². The van der Waals surface area contributed by atoms with Crippen LogP contribution >= 0.6 is 39.1 Å². The molecule has 0 aliphatic carbocycles. The highest BCUT2D eigenvalue weighted by Crippen LogP contribution is 2.36. The molecule has 0 saturated carbocycles. The van der Waals surface area contributed by atoms with Crippen LogP contribution in [0.5, 0.6) is 11.5 Å².